The minimum atomic E-state index is -1.20. The van der Waals surface area contributed by atoms with E-state index in [0.29, 0.717) is 17.8 Å². The second-order valence-corrected chi connectivity index (χ2v) is 6.15. The summed E-state index contributed by atoms with van der Waals surface area (Å²) in [5.74, 6) is -2.28. The van der Waals surface area contributed by atoms with Crippen LogP contribution in [0.15, 0.2) is 0 Å². The first-order valence-corrected chi connectivity index (χ1v) is 5.80. The first-order chi connectivity index (χ1) is 7.35. The fourth-order valence-electron chi connectivity index (χ4n) is 5.20. The van der Waals surface area contributed by atoms with Crippen LogP contribution in [0.1, 0.15) is 26.7 Å². The predicted octanol–water partition coefficient (Wildman–Crippen LogP) is 1.45. The van der Waals surface area contributed by atoms with Crippen molar-refractivity contribution in [3.8, 4) is 0 Å². The van der Waals surface area contributed by atoms with Crippen molar-refractivity contribution in [3.63, 3.8) is 0 Å². The monoisotopic (exact) mass is 224 g/mol. The van der Waals surface area contributed by atoms with Gasteiger partial charge in [-0.2, -0.15) is 0 Å². The van der Waals surface area contributed by atoms with E-state index in [1.54, 1.807) is 0 Å². The summed E-state index contributed by atoms with van der Waals surface area (Å²) >= 11 is 0. The van der Waals surface area contributed by atoms with E-state index in [2.05, 4.69) is 13.8 Å². The molecule has 0 heterocycles. The normalized spacial score (nSPS) is 46.1. The smallest absolute Gasteiger partial charge is 0.318 e. The number of carboxylic acid groups (broad SMARTS) is 2. The summed E-state index contributed by atoms with van der Waals surface area (Å²) in [5.41, 5.74) is -0.570. The predicted molar refractivity (Wildman–Crippen MR) is 54.7 cm³/mol. The van der Waals surface area contributed by atoms with E-state index >= 15 is 0 Å². The highest BCUT2D eigenvalue weighted by Crippen LogP contribution is 2.88. The van der Waals surface area contributed by atoms with Crippen LogP contribution in [-0.2, 0) is 9.59 Å². The van der Waals surface area contributed by atoms with E-state index < -0.39 is 23.3 Å². The van der Waals surface area contributed by atoms with Gasteiger partial charge in [0.25, 0.3) is 0 Å². The summed E-state index contributed by atoms with van der Waals surface area (Å²) in [6, 6.07) is 0. The van der Waals surface area contributed by atoms with Gasteiger partial charge in [-0.3, -0.25) is 9.59 Å². The van der Waals surface area contributed by atoms with Crippen LogP contribution < -0.4 is 0 Å². The molecule has 4 nitrogen and oxygen atoms in total. The molecule has 4 aliphatic rings. The molecule has 16 heavy (non-hydrogen) atoms. The molecular formula is C12H16O4. The number of carbonyl (C=O) groups is 2. The van der Waals surface area contributed by atoms with Gasteiger partial charge >= 0.3 is 11.9 Å². The Morgan fingerprint density at radius 3 is 1.81 bits per heavy atom. The Hall–Kier alpha value is -1.06. The number of aliphatic carboxylic acids is 2. The first kappa shape index (κ1) is 10.1. The van der Waals surface area contributed by atoms with Gasteiger partial charge in [0.05, 0.1) is 0 Å². The summed E-state index contributed by atoms with van der Waals surface area (Å²) in [7, 11) is 0. The average Bonchev–Trinajstić information content (AvgIpc) is 2.46. The minimum absolute atomic E-state index is 0.121. The molecule has 4 rings (SSSR count). The Labute approximate surface area is 93.6 Å². The molecule has 0 aromatic heterocycles. The maximum absolute atomic E-state index is 11.2. The fraction of sp³-hybridized carbons (Fsp3) is 0.833. The second kappa shape index (κ2) is 2.44. The Morgan fingerprint density at radius 1 is 1.12 bits per heavy atom. The third kappa shape index (κ3) is 0.740. The highest BCUT2D eigenvalue weighted by Gasteiger charge is 2.86. The van der Waals surface area contributed by atoms with E-state index in [-0.39, 0.29) is 5.41 Å². The average molecular weight is 224 g/mol. The molecule has 0 saturated heterocycles. The number of rotatable bonds is 3. The number of hydrogen-bond acceptors (Lipinski definition) is 2. The van der Waals surface area contributed by atoms with Gasteiger partial charge in [-0.1, -0.05) is 13.8 Å². The second-order valence-electron chi connectivity index (χ2n) is 6.15. The van der Waals surface area contributed by atoms with Crippen LogP contribution in [-0.4, -0.2) is 22.2 Å². The lowest BCUT2D eigenvalue weighted by Gasteiger charge is -2.34. The van der Waals surface area contributed by atoms with Crippen LogP contribution in [0.2, 0.25) is 0 Å². The molecule has 2 N–H and O–H groups in total. The van der Waals surface area contributed by atoms with Crippen LogP contribution in [0.3, 0.4) is 0 Å². The Kier molecular flexibility index (Phi) is 1.54. The molecule has 4 aliphatic carbocycles. The van der Waals surface area contributed by atoms with E-state index in [0.717, 1.165) is 12.8 Å². The molecule has 0 aliphatic heterocycles. The van der Waals surface area contributed by atoms with Crippen molar-refractivity contribution in [2.75, 3.05) is 0 Å². The molecule has 4 saturated carbocycles. The van der Waals surface area contributed by atoms with E-state index in [1.807, 2.05) is 0 Å². The van der Waals surface area contributed by atoms with E-state index in [9.17, 15) is 19.8 Å². The SMILES string of the molecule is CC1(C)C2CC3C(C2)C31C(C(=O)O)C(=O)O. The zero-order chi connectivity index (χ0) is 11.9. The molecule has 4 fully saturated rings. The molecule has 0 aromatic rings. The van der Waals surface area contributed by atoms with Crippen molar-refractivity contribution in [1.82, 2.24) is 0 Å². The van der Waals surface area contributed by atoms with Gasteiger partial charge in [0.1, 0.15) is 0 Å². The standard InChI is InChI=1S/C12H16O4/c1-11(2)5-3-6-7(4-5)12(6,11)8(9(13)14)10(15)16/h5-8H,3-4H2,1-2H3,(H,13,14)(H,15,16). The Bertz CT molecular complexity index is 372. The zero-order valence-corrected chi connectivity index (χ0v) is 9.43. The molecule has 0 aromatic carbocycles. The highest BCUT2D eigenvalue weighted by atomic mass is 16.4. The maximum atomic E-state index is 11.2. The number of carboxylic acids is 2. The fourth-order valence-corrected chi connectivity index (χ4v) is 5.20. The molecule has 2 atom stereocenters. The van der Waals surface area contributed by atoms with Crippen LogP contribution in [0.4, 0.5) is 0 Å². The lowest BCUT2D eigenvalue weighted by atomic mass is 9.69. The summed E-state index contributed by atoms with van der Waals surface area (Å²) in [6.07, 6.45) is 2.07. The lowest BCUT2D eigenvalue weighted by molar-refractivity contribution is -0.161. The molecule has 0 radical (unpaired) electrons. The van der Waals surface area contributed by atoms with Crippen LogP contribution >= 0.6 is 0 Å². The summed E-state index contributed by atoms with van der Waals surface area (Å²) < 4.78 is 0. The summed E-state index contributed by atoms with van der Waals surface area (Å²) in [6.45, 7) is 4.12. The van der Waals surface area contributed by atoms with Crippen molar-refractivity contribution in [1.29, 1.82) is 0 Å². The Balaban J connectivity index is 2.08. The quantitative estimate of drug-likeness (QED) is 0.711. The third-order valence-electron chi connectivity index (χ3n) is 5.79. The number of hydrogen-bond donors (Lipinski definition) is 2. The van der Waals surface area contributed by atoms with Crippen molar-refractivity contribution < 1.29 is 19.8 Å². The Morgan fingerprint density at radius 2 is 1.56 bits per heavy atom. The molecule has 2 unspecified atom stereocenters. The highest BCUT2D eigenvalue weighted by molar-refractivity contribution is 5.95. The molecule has 4 bridgehead atoms. The van der Waals surface area contributed by atoms with Gasteiger partial charge in [-0.15, -0.1) is 0 Å². The molecule has 88 valence electrons. The molecule has 4 heteroatoms. The van der Waals surface area contributed by atoms with Crippen LogP contribution in [0, 0.1) is 34.5 Å². The van der Waals surface area contributed by atoms with Crippen molar-refractivity contribution >= 4 is 11.9 Å². The van der Waals surface area contributed by atoms with Crippen molar-refractivity contribution in [2.45, 2.75) is 26.7 Å². The van der Waals surface area contributed by atoms with Crippen molar-refractivity contribution in [2.24, 2.45) is 34.5 Å². The van der Waals surface area contributed by atoms with Gasteiger partial charge < -0.3 is 10.2 Å². The largest absolute Gasteiger partial charge is 0.481 e. The topological polar surface area (TPSA) is 74.6 Å². The molecular weight excluding hydrogens is 208 g/mol. The van der Waals surface area contributed by atoms with Crippen molar-refractivity contribution in [3.05, 3.63) is 0 Å². The van der Waals surface area contributed by atoms with E-state index in [4.69, 9.17) is 0 Å². The maximum Gasteiger partial charge on any atom is 0.318 e. The van der Waals surface area contributed by atoms with Gasteiger partial charge in [0.15, 0.2) is 5.92 Å². The van der Waals surface area contributed by atoms with Crippen LogP contribution in [0.25, 0.3) is 0 Å². The molecule has 0 amide bonds. The third-order valence-corrected chi connectivity index (χ3v) is 5.79. The first-order valence-electron chi connectivity index (χ1n) is 5.80. The summed E-state index contributed by atoms with van der Waals surface area (Å²) in [5, 5.41) is 18.4. The van der Waals surface area contributed by atoms with Gasteiger partial charge in [-0.05, 0) is 36.0 Å². The van der Waals surface area contributed by atoms with Crippen LogP contribution in [0.5, 0.6) is 0 Å². The zero-order valence-electron chi connectivity index (χ0n) is 9.43. The lowest BCUT2D eigenvalue weighted by Crippen LogP contribution is -2.41. The minimum Gasteiger partial charge on any atom is -0.481 e. The van der Waals surface area contributed by atoms with Gasteiger partial charge in [-0.25, -0.2) is 0 Å². The summed E-state index contributed by atoms with van der Waals surface area (Å²) in [4.78, 5) is 22.5. The van der Waals surface area contributed by atoms with E-state index in [1.165, 1.54) is 0 Å². The molecule has 0 spiro atoms. The van der Waals surface area contributed by atoms with Gasteiger partial charge in [0, 0.05) is 5.41 Å². The van der Waals surface area contributed by atoms with Gasteiger partial charge in [0.2, 0.25) is 0 Å².